The third kappa shape index (κ3) is 4.88. The predicted molar refractivity (Wildman–Crippen MR) is 116 cm³/mol. The number of likely N-dealkylation sites (N-methyl/N-ethyl adjacent to an activating group) is 1. The average Bonchev–Trinajstić information content (AvgIpc) is 2.74. The SMILES string of the molecule is CC[C@H]1Oc2ccc(C)cc2N(CC(=O)NCCN(CC)c2ccccc2)C1=O. The molecular weight excluding hydrogens is 366 g/mol. The maximum atomic E-state index is 12.8. The van der Waals surface area contributed by atoms with Gasteiger partial charge in [-0.15, -0.1) is 0 Å². The molecule has 0 saturated carbocycles. The van der Waals surface area contributed by atoms with Crippen LogP contribution in [0.4, 0.5) is 11.4 Å². The molecule has 0 fully saturated rings. The number of nitrogens with zero attached hydrogens (tertiary/aromatic N) is 2. The number of ether oxygens (including phenoxy) is 1. The van der Waals surface area contributed by atoms with Gasteiger partial charge in [0.1, 0.15) is 12.3 Å². The van der Waals surface area contributed by atoms with Crippen LogP contribution in [-0.4, -0.2) is 44.1 Å². The Morgan fingerprint density at radius 3 is 2.62 bits per heavy atom. The smallest absolute Gasteiger partial charge is 0.268 e. The third-order valence-electron chi connectivity index (χ3n) is 5.10. The van der Waals surface area contributed by atoms with Crippen LogP contribution in [0.1, 0.15) is 25.8 Å². The fourth-order valence-electron chi connectivity index (χ4n) is 3.49. The molecular formula is C23H29N3O3. The summed E-state index contributed by atoms with van der Waals surface area (Å²) >= 11 is 0. The largest absolute Gasteiger partial charge is 0.478 e. The van der Waals surface area contributed by atoms with Crippen molar-refractivity contribution in [2.75, 3.05) is 36.0 Å². The Hall–Kier alpha value is -3.02. The Kier molecular flexibility index (Phi) is 6.75. The summed E-state index contributed by atoms with van der Waals surface area (Å²) in [6.45, 7) is 8.01. The molecule has 0 unspecified atom stereocenters. The first-order valence-corrected chi connectivity index (χ1v) is 10.2. The Bertz CT molecular complexity index is 854. The van der Waals surface area contributed by atoms with Crippen molar-refractivity contribution in [2.24, 2.45) is 0 Å². The summed E-state index contributed by atoms with van der Waals surface area (Å²) in [6.07, 6.45) is 0.0129. The van der Waals surface area contributed by atoms with Gasteiger partial charge in [0.05, 0.1) is 5.69 Å². The molecule has 6 heteroatoms. The van der Waals surface area contributed by atoms with Crippen molar-refractivity contribution >= 4 is 23.2 Å². The standard InChI is InChI=1S/C23H29N3O3/c1-4-20-23(28)26(19-15-17(3)11-12-21(19)29-20)16-22(27)24-13-14-25(5-2)18-9-7-6-8-10-18/h6-12,15,20H,4-5,13-14,16H2,1-3H3,(H,24,27)/t20-/m1/s1. The first kappa shape index (κ1) is 20.7. The van der Waals surface area contributed by atoms with Crippen molar-refractivity contribution in [2.45, 2.75) is 33.3 Å². The van der Waals surface area contributed by atoms with Gasteiger partial charge in [-0.25, -0.2) is 0 Å². The van der Waals surface area contributed by atoms with E-state index < -0.39 is 6.10 Å². The van der Waals surface area contributed by atoms with Gasteiger partial charge in [-0.2, -0.15) is 0 Å². The second kappa shape index (κ2) is 9.45. The third-order valence-corrected chi connectivity index (χ3v) is 5.10. The van der Waals surface area contributed by atoms with E-state index in [0.29, 0.717) is 30.9 Å². The van der Waals surface area contributed by atoms with Crippen molar-refractivity contribution < 1.29 is 14.3 Å². The van der Waals surface area contributed by atoms with Gasteiger partial charge in [-0.3, -0.25) is 14.5 Å². The minimum atomic E-state index is -0.549. The van der Waals surface area contributed by atoms with E-state index in [2.05, 4.69) is 29.3 Å². The summed E-state index contributed by atoms with van der Waals surface area (Å²) in [5.74, 6) is 0.308. The molecule has 1 aliphatic rings. The Labute approximate surface area is 172 Å². The molecule has 1 N–H and O–H groups in total. The molecule has 29 heavy (non-hydrogen) atoms. The molecule has 0 saturated heterocycles. The maximum Gasteiger partial charge on any atom is 0.268 e. The van der Waals surface area contributed by atoms with Crippen LogP contribution in [0.3, 0.4) is 0 Å². The molecule has 6 nitrogen and oxygen atoms in total. The van der Waals surface area contributed by atoms with Crippen LogP contribution in [0.15, 0.2) is 48.5 Å². The number of rotatable bonds is 8. The minimum Gasteiger partial charge on any atom is -0.478 e. The topological polar surface area (TPSA) is 61.9 Å². The Morgan fingerprint density at radius 1 is 1.17 bits per heavy atom. The molecule has 2 amide bonds. The monoisotopic (exact) mass is 395 g/mol. The number of aryl methyl sites for hydroxylation is 1. The molecule has 0 bridgehead atoms. The Morgan fingerprint density at radius 2 is 1.93 bits per heavy atom. The lowest BCUT2D eigenvalue weighted by atomic mass is 10.1. The average molecular weight is 396 g/mol. The van der Waals surface area contributed by atoms with Gasteiger partial charge >= 0.3 is 0 Å². The van der Waals surface area contributed by atoms with Crippen molar-refractivity contribution in [3.63, 3.8) is 0 Å². The minimum absolute atomic E-state index is 0.00733. The first-order valence-electron chi connectivity index (χ1n) is 10.2. The van der Waals surface area contributed by atoms with Gasteiger partial charge in [-0.05, 0) is 50.1 Å². The Balaban J connectivity index is 1.62. The van der Waals surface area contributed by atoms with Crippen LogP contribution < -0.4 is 19.9 Å². The lowest BCUT2D eigenvalue weighted by molar-refractivity contribution is -0.129. The van der Waals surface area contributed by atoms with Gasteiger partial charge in [0.25, 0.3) is 5.91 Å². The van der Waals surface area contributed by atoms with E-state index in [-0.39, 0.29) is 18.4 Å². The van der Waals surface area contributed by atoms with E-state index in [1.807, 2.05) is 50.2 Å². The number of para-hydroxylation sites is 1. The fraction of sp³-hybridized carbons (Fsp3) is 0.391. The summed E-state index contributed by atoms with van der Waals surface area (Å²) in [7, 11) is 0. The van der Waals surface area contributed by atoms with Gasteiger partial charge in [0.2, 0.25) is 5.91 Å². The molecule has 154 valence electrons. The van der Waals surface area contributed by atoms with E-state index in [9.17, 15) is 9.59 Å². The number of benzene rings is 2. The molecule has 0 aliphatic carbocycles. The number of amides is 2. The summed E-state index contributed by atoms with van der Waals surface area (Å²) in [6, 6.07) is 15.8. The van der Waals surface area contributed by atoms with E-state index >= 15 is 0 Å². The molecule has 0 aromatic heterocycles. The fourth-order valence-corrected chi connectivity index (χ4v) is 3.49. The zero-order chi connectivity index (χ0) is 20.8. The van der Waals surface area contributed by atoms with Crippen molar-refractivity contribution in [1.82, 2.24) is 5.32 Å². The highest BCUT2D eigenvalue weighted by atomic mass is 16.5. The summed E-state index contributed by atoms with van der Waals surface area (Å²) in [5.41, 5.74) is 2.80. The van der Waals surface area contributed by atoms with Crippen LogP contribution in [0.5, 0.6) is 5.75 Å². The highest BCUT2D eigenvalue weighted by Gasteiger charge is 2.34. The molecule has 0 radical (unpaired) electrons. The highest BCUT2D eigenvalue weighted by Crippen LogP contribution is 2.35. The second-order valence-electron chi connectivity index (χ2n) is 7.18. The maximum absolute atomic E-state index is 12.8. The van der Waals surface area contributed by atoms with Crippen LogP contribution in [0.25, 0.3) is 0 Å². The summed E-state index contributed by atoms with van der Waals surface area (Å²) in [4.78, 5) is 29.1. The number of hydrogen-bond acceptors (Lipinski definition) is 4. The summed E-state index contributed by atoms with van der Waals surface area (Å²) in [5, 5.41) is 2.95. The molecule has 1 aliphatic heterocycles. The van der Waals surface area contributed by atoms with Crippen molar-refractivity contribution in [3.05, 3.63) is 54.1 Å². The number of anilines is 2. The zero-order valence-corrected chi connectivity index (χ0v) is 17.4. The second-order valence-corrected chi connectivity index (χ2v) is 7.18. The van der Waals surface area contributed by atoms with E-state index in [1.54, 1.807) is 4.90 Å². The first-order chi connectivity index (χ1) is 14.0. The van der Waals surface area contributed by atoms with Crippen LogP contribution in [0.2, 0.25) is 0 Å². The quantitative estimate of drug-likeness (QED) is 0.746. The number of hydrogen-bond donors (Lipinski definition) is 1. The molecule has 3 rings (SSSR count). The molecule has 1 atom stereocenters. The predicted octanol–water partition coefficient (Wildman–Crippen LogP) is 3.14. The van der Waals surface area contributed by atoms with Crippen molar-refractivity contribution in [3.8, 4) is 5.75 Å². The summed E-state index contributed by atoms with van der Waals surface area (Å²) < 4.78 is 5.81. The molecule has 1 heterocycles. The van der Waals surface area contributed by atoms with Crippen molar-refractivity contribution in [1.29, 1.82) is 0 Å². The number of carbonyl (C=O) groups excluding carboxylic acids is 2. The molecule has 2 aromatic rings. The van der Waals surface area contributed by atoms with Crippen LogP contribution in [-0.2, 0) is 9.59 Å². The van der Waals surface area contributed by atoms with Gasteiger partial charge in [-0.1, -0.05) is 31.2 Å². The highest BCUT2D eigenvalue weighted by molar-refractivity contribution is 6.03. The van der Waals surface area contributed by atoms with Crippen LogP contribution in [0, 0.1) is 6.92 Å². The van der Waals surface area contributed by atoms with Gasteiger partial charge in [0, 0.05) is 25.3 Å². The lowest BCUT2D eigenvalue weighted by Crippen LogP contribution is -2.50. The van der Waals surface area contributed by atoms with Gasteiger partial charge in [0.15, 0.2) is 6.10 Å². The van der Waals surface area contributed by atoms with E-state index in [0.717, 1.165) is 17.8 Å². The van der Waals surface area contributed by atoms with Gasteiger partial charge < -0.3 is 15.0 Å². The van der Waals surface area contributed by atoms with Crippen LogP contribution >= 0.6 is 0 Å². The van der Waals surface area contributed by atoms with E-state index in [1.165, 1.54) is 0 Å². The normalized spacial score (nSPS) is 15.5. The number of fused-ring (bicyclic) bond motifs is 1. The molecule has 0 spiro atoms. The lowest BCUT2D eigenvalue weighted by Gasteiger charge is -2.34. The number of nitrogens with one attached hydrogen (secondary N) is 1. The zero-order valence-electron chi connectivity index (χ0n) is 17.4. The molecule has 2 aromatic carbocycles. The number of carbonyl (C=O) groups is 2. The van der Waals surface area contributed by atoms with E-state index in [4.69, 9.17) is 4.74 Å².